The number of amides is 2. The van der Waals surface area contributed by atoms with Crippen molar-refractivity contribution in [1.82, 2.24) is 15.4 Å². The lowest BCUT2D eigenvalue weighted by Crippen LogP contribution is -2.33. The van der Waals surface area contributed by atoms with Crippen LogP contribution in [0.5, 0.6) is 0 Å². The number of sulfonamides is 1. The Labute approximate surface area is 207 Å². The van der Waals surface area contributed by atoms with Crippen molar-refractivity contribution < 1.29 is 18.0 Å². The highest BCUT2D eigenvalue weighted by atomic mass is 32.2. The van der Waals surface area contributed by atoms with Crippen molar-refractivity contribution in [1.29, 1.82) is 0 Å². The van der Waals surface area contributed by atoms with Crippen LogP contribution in [-0.2, 0) is 27.1 Å². The predicted octanol–water partition coefficient (Wildman–Crippen LogP) is 3.69. The molecule has 0 aliphatic heterocycles. The molecule has 0 saturated carbocycles. The summed E-state index contributed by atoms with van der Waals surface area (Å²) in [5.41, 5.74) is 2.88. The summed E-state index contributed by atoms with van der Waals surface area (Å²) < 4.78 is 26.8. The summed E-state index contributed by atoms with van der Waals surface area (Å²) in [5.74, 6) is -0.553. The van der Waals surface area contributed by atoms with Crippen molar-refractivity contribution in [3.63, 3.8) is 0 Å². The molecule has 0 aromatic heterocycles. The van der Waals surface area contributed by atoms with Gasteiger partial charge < -0.3 is 10.6 Å². The van der Waals surface area contributed by atoms with E-state index in [1.807, 2.05) is 36.4 Å². The van der Waals surface area contributed by atoms with Gasteiger partial charge in [0.2, 0.25) is 15.9 Å². The fraction of sp³-hybridized carbons (Fsp3) is 0.259. The highest BCUT2D eigenvalue weighted by molar-refractivity contribution is 7.88. The molecule has 0 radical (unpaired) electrons. The van der Waals surface area contributed by atoms with Crippen LogP contribution in [0.25, 0.3) is 0 Å². The summed E-state index contributed by atoms with van der Waals surface area (Å²) in [5, 5.41) is 5.84. The zero-order valence-corrected chi connectivity index (χ0v) is 20.7. The molecule has 0 aliphatic rings. The lowest BCUT2D eigenvalue weighted by Gasteiger charge is -2.19. The van der Waals surface area contributed by atoms with Crippen LogP contribution in [0.4, 0.5) is 0 Å². The smallest absolute Gasteiger partial charge is 0.251 e. The van der Waals surface area contributed by atoms with Crippen molar-refractivity contribution >= 4 is 21.8 Å². The molecule has 184 valence electrons. The topological polar surface area (TPSA) is 104 Å². The standard InChI is InChI=1S/C27H31N3O4S/c1-20(2)30-35(33,34)19-22-15-13-21(14-16-22)18-28-26(31)17-25(23-9-5-3-6-10-23)29-27(32)24-11-7-4-8-12-24/h3-16,20,25,30H,17-19H2,1-2H3,(H,28,31)(H,29,32). The summed E-state index contributed by atoms with van der Waals surface area (Å²) in [4.78, 5) is 25.4. The fourth-order valence-corrected chi connectivity index (χ4v) is 5.03. The third-order valence-corrected chi connectivity index (χ3v) is 6.76. The van der Waals surface area contributed by atoms with E-state index in [1.165, 1.54) is 0 Å². The molecular formula is C27H31N3O4S. The van der Waals surface area contributed by atoms with Crippen LogP contribution in [0.1, 0.15) is 53.4 Å². The van der Waals surface area contributed by atoms with Gasteiger partial charge in [0.25, 0.3) is 5.91 Å². The number of benzene rings is 3. The molecule has 3 aromatic rings. The normalized spacial score (nSPS) is 12.2. The molecule has 0 aliphatic carbocycles. The monoisotopic (exact) mass is 493 g/mol. The first-order chi connectivity index (χ1) is 16.7. The third-order valence-electron chi connectivity index (χ3n) is 5.22. The summed E-state index contributed by atoms with van der Waals surface area (Å²) in [6, 6.07) is 24.7. The molecule has 3 rings (SSSR count). The Hall–Kier alpha value is -3.49. The van der Waals surface area contributed by atoms with Crippen LogP contribution in [0.2, 0.25) is 0 Å². The second kappa shape index (κ2) is 12.3. The van der Waals surface area contributed by atoms with Gasteiger partial charge in [0.1, 0.15) is 0 Å². The molecule has 0 bridgehead atoms. The van der Waals surface area contributed by atoms with E-state index in [1.54, 1.807) is 62.4 Å². The molecular weight excluding hydrogens is 462 g/mol. The molecule has 8 heteroatoms. The van der Waals surface area contributed by atoms with Gasteiger partial charge in [-0.05, 0) is 42.7 Å². The van der Waals surface area contributed by atoms with Gasteiger partial charge in [0.05, 0.1) is 18.2 Å². The highest BCUT2D eigenvalue weighted by Gasteiger charge is 2.19. The average Bonchev–Trinajstić information content (AvgIpc) is 2.83. The van der Waals surface area contributed by atoms with Crippen molar-refractivity contribution in [2.24, 2.45) is 0 Å². The van der Waals surface area contributed by atoms with Gasteiger partial charge in [0.15, 0.2) is 0 Å². The maximum atomic E-state index is 12.7. The zero-order chi connectivity index (χ0) is 25.3. The molecule has 1 unspecified atom stereocenters. The molecule has 3 N–H and O–H groups in total. The summed E-state index contributed by atoms with van der Waals surface area (Å²) in [6.07, 6.45) is 0.0831. The number of hydrogen-bond donors (Lipinski definition) is 3. The first kappa shape index (κ1) is 26.1. The maximum absolute atomic E-state index is 12.7. The van der Waals surface area contributed by atoms with Gasteiger partial charge in [-0.15, -0.1) is 0 Å². The quantitative estimate of drug-likeness (QED) is 0.379. The average molecular weight is 494 g/mol. The van der Waals surface area contributed by atoms with Gasteiger partial charge in [-0.25, -0.2) is 13.1 Å². The number of rotatable bonds is 11. The molecule has 2 amide bonds. The van der Waals surface area contributed by atoms with E-state index < -0.39 is 16.1 Å². The SMILES string of the molecule is CC(C)NS(=O)(=O)Cc1ccc(CNC(=O)CC(NC(=O)c2ccccc2)c2ccccc2)cc1. The van der Waals surface area contributed by atoms with Gasteiger partial charge >= 0.3 is 0 Å². The summed E-state index contributed by atoms with van der Waals surface area (Å²) >= 11 is 0. The van der Waals surface area contributed by atoms with Crippen molar-refractivity contribution in [3.05, 3.63) is 107 Å². The van der Waals surface area contributed by atoms with E-state index in [0.717, 1.165) is 11.1 Å². The second-order valence-electron chi connectivity index (χ2n) is 8.63. The maximum Gasteiger partial charge on any atom is 0.251 e. The number of nitrogens with one attached hydrogen (secondary N) is 3. The van der Waals surface area contributed by atoms with Gasteiger partial charge in [-0.3, -0.25) is 9.59 Å². The van der Waals surface area contributed by atoms with E-state index >= 15 is 0 Å². The lowest BCUT2D eigenvalue weighted by atomic mass is 10.0. The molecule has 0 heterocycles. The summed E-state index contributed by atoms with van der Waals surface area (Å²) in [6.45, 7) is 3.85. The van der Waals surface area contributed by atoms with E-state index in [2.05, 4.69) is 15.4 Å². The third kappa shape index (κ3) is 8.66. The highest BCUT2D eigenvalue weighted by Crippen LogP contribution is 2.18. The Kier molecular flexibility index (Phi) is 9.17. The van der Waals surface area contributed by atoms with E-state index in [9.17, 15) is 18.0 Å². The molecule has 3 aromatic carbocycles. The molecule has 1 atom stereocenters. The van der Waals surface area contributed by atoms with Crippen LogP contribution >= 0.6 is 0 Å². The molecule has 0 fully saturated rings. The fourth-order valence-electron chi connectivity index (χ4n) is 3.60. The van der Waals surface area contributed by atoms with Crippen molar-refractivity contribution in [3.8, 4) is 0 Å². The number of carbonyl (C=O) groups is 2. The van der Waals surface area contributed by atoms with Gasteiger partial charge in [-0.2, -0.15) is 0 Å². The first-order valence-corrected chi connectivity index (χ1v) is 13.1. The minimum atomic E-state index is -3.40. The lowest BCUT2D eigenvalue weighted by molar-refractivity contribution is -0.121. The Bertz CT molecular complexity index is 1210. The Morgan fingerprint density at radius 3 is 1.97 bits per heavy atom. The van der Waals surface area contributed by atoms with Crippen molar-refractivity contribution in [2.45, 2.75) is 44.6 Å². The summed E-state index contributed by atoms with van der Waals surface area (Å²) in [7, 11) is -3.40. The molecule has 0 spiro atoms. The Morgan fingerprint density at radius 1 is 0.800 bits per heavy atom. The van der Waals surface area contributed by atoms with E-state index in [4.69, 9.17) is 0 Å². The van der Waals surface area contributed by atoms with Crippen molar-refractivity contribution in [2.75, 3.05) is 0 Å². The Morgan fingerprint density at radius 2 is 1.37 bits per heavy atom. The zero-order valence-electron chi connectivity index (χ0n) is 19.9. The minimum Gasteiger partial charge on any atom is -0.352 e. The minimum absolute atomic E-state index is 0.0831. The molecule has 0 saturated heterocycles. The first-order valence-electron chi connectivity index (χ1n) is 11.5. The molecule has 35 heavy (non-hydrogen) atoms. The van der Waals surface area contributed by atoms with E-state index in [-0.39, 0.29) is 30.0 Å². The van der Waals surface area contributed by atoms with Crippen LogP contribution < -0.4 is 15.4 Å². The van der Waals surface area contributed by atoms with Crippen LogP contribution in [0.3, 0.4) is 0 Å². The predicted molar refractivity (Wildman–Crippen MR) is 137 cm³/mol. The number of carbonyl (C=O) groups excluding carboxylic acids is 2. The van der Waals surface area contributed by atoms with Crippen LogP contribution in [0.15, 0.2) is 84.9 Å². The van der Waals surface area contributed by atoms with Gasteiger partial charge in [0, 0.05) is 18.2 Å². The number of hydrogen-bond acceptors (Lipinski definition) is 4. The van der Waals surface area contributed by atoms with Gasteiger partial charge in [-0.1, -0.05) is 72.8 Å². The van der Waals surface area contributed by atoms with Crippen LogP contribution in [0, 0.1) is 0 Å². The largest absolute Gasteiger partial charge is 0.352 e. The Balaban J connectivity index is 1.59. The molecule has 7 nitrogen and oxygen atoms in total. The van der Waals surface area contributed by atoms with E-state index in [0.29, 0.717) is 17.7 Å². The second-order valence-corrected chi connectivity index (χ2v) is 10.4. The van der Waals surface area contributed by atoms with Crippen LogP contribution in [-0.4, -0.2) is 26.3 Å².